The Morgan fingerprint density at radius 2 is 1.37 bits per heavy atom. The summed E-state index contributed by atoms with van der Waals surface area (Å²) in [6.45, 7) is 8.95. The van der Waals surface area contributed by atoms with E-state index in [0.29, 0.717) is 18.4 Å². The molecular formula is C25H32Cl2N2O6. The van der Waals surface area contributed by atoms with Crippen molar-refractivity contribution in [2.45, 2.75) is 72.4 Å². The van der Waals surface area contributed by atoms with Crippen molar-refractivity contribution in [1.82, 2.24) is 9.80 Å². The van der Waals surface area contributed by atoms with E-state index in [2.05, 4.69) is 0 Å². The van der Waals surface area contributed by atoms with Crippen LogP contribution in [0.2, 0.25) is 0 Å². The first-order chi connectivity index (χ1) is 16.4. The molecule has 35 heavy (non-hydrogen) atoms. The van der Waals surface area contributed by atoms with Gasteiger partial charge >= 0.3 is 0 Å². The molecule has 0 bridgehead atoms. The number of amides is 4. The second-order valence-corrected chi connectivity index (χ2v) is 10.9. The van der Waals surface area contributed by atoms with Gasteiger partial charge < -0.3 is 0 Å². The zero-order valence-corrected chi connectivity index (χ0v) is 22.1. The Hall–Kier alpha value is -2.06. The molecule has 3 aliphatic rings. The molecule has 0 aromatic rings. The lowest BCUT2D eigenvalue weighted by Crippen LogP contribution is -2.48. The Balaban J connectivity index is 1.90. The summed E-state index contributed by atoms with van der Waals surface area (Å²) in [5.74, 6) is -5.15. The minimum Gasteiger partial charge on any atom is -0.279 e. The average Bonchev–Trinajstić information content (AvgIpc) is 3.21. The van der Waals surface area contributed by atoms with Crippen molar-refractivity contribution in [3.63, 3.8) is 0 Å². The summed E-state index contributed by atoms with van der Waals surface area (Å²) in [4.78, 5) is 79.1. The predicted molar refractivity (Wildman–Crippen MR) is 129 cm³/mol. The molecular weight excluding hydrogens is 495 g/mol. The third-order valence-corrected chi connectivity index (χ3v) is 8.52. The van der Waals surface area contributed by atoms with Crippen LogP contribution in [0.5, 0.6) is 0 Å². The molecule has 3 rings (SSSR count). The molecule has 8 atom stereocenters. The fourth-order valence-electron chi connectivity index (χ4n) is 5.77. The smallest absolute Gasteiger partial charge is 0.244 e. The first kappa shape index (κ1) is 27.5. The van der Waals surface area contributed by atoms with Crippen LogP contribution in [-0.2, 0) is 28.8 Å². The zero-order chi connectivity index (χ0) is 26.4. The van der Waals surface area contributed by atoms with Gasteiger partial charge in [-0.25, -0.2) is 0 Å². The number of carbonyl (C=O) groups excluding carboxylic acids is 6. The Labute approximate surface area is 215 Å². The minimum absolute atomic E-state index is 0.0940. The van der Waals surface area contributed by atoms with Crippen molar-refractivity contribution in [2.75, 3.05) is 0 Å². The molecule has 0 aromatic heterocycles. The molecule has 2 fully saturated rings. The van der Waals surface area contributed by atoms with Gasteiger partial charge in [0, 0.05) is 6.42 Å². The topological polar surface area (TPSA) is 109 Å². The van der Waals surface area contributed by atoms with Gasteiger partial charge in [0.1, 0.15) is 12.1 Å². The highest BCUT2D eigenvalue weighted by Gasteiger charge is 2.56. The second-order valence-electron chi connectivity index (χ2n) is 10.1. The molecule has 2 saturated heterocycles. The monoisotopic (exact) mass is 526 g/mol. The Bertz CT molecular complexity index is 994. The van der Waals surface area contributed by atoms with Gasteiger partial charge in [-0.3, -0.25) is 38.6 Å². The molecule has 0 spiro atoms. The van der Waals surface area contributed by atoms with E-state index in [0.717, 1.165) is 9.80 Å². The van der Waals surface area contributed by atoms with E-state index in [-0.39, 0.29) is 24.7 Å². The highest BCUT2D eigenvalue weighted by molar-refractivity contribution is 6.65. The van der Waals surface area contributed by atoms with Crippen LogP contribution in [0.3, 0.4) is 0 Å². The SMILES string of the molecule is CCC(C)[C@@H](C(=O)Cl)N1C(=O)CC(C2C=C(C)C3C(=O)N([C@H](C(=O)Cl)C(C)CC)C(=O)C3C2)C1=O. The van der Waals surface area contributed by atoms with Crippen molar-refractivity contribution in [1.29, 1.82) is 0 Å². The highest BCUT2D eigenvalue weighted by Crippen LogP contribution is 2.46. The molecule has 8 nitrogen and oxygen atoms in total. The van der Waals surface area contributed by atoms with Crippen LogP contribution in [-0.4, -0.2) is 56.0 Å². The molecule has 0 saturated carbocycles. The lowest BCUT2D eigenvalue weighted by molar-refractivity contribution is -0.148. The first-order valence-electron chi connectivity index (χ1n) is 12.2. The van der Waals surface area contributed by atoms with Crippen LogP contribution in [0.15, 0.2) is 11.6 Å². The molecule has 192 valence electrons. The lowest BCUT2D eigenvalue weighted by atomic mass is 9.71. The van der Waals surface area contributed by atoms with Crippen LogP contribution in [0.25, 0.3) is 0 Å². The summed E-state index contributed by atoms with van der Waals surface area (Å²) in [6.07, 6.45) is 2.99. The van der Waals surface area contributed by atoms with Crippen molar-refractivity contribution in [3.05, 3.63) is 11.6 Å². The maximum Gasteiger partial charge on any atom is 0.244 e. The molecule has 6 unspecified atom stereocenters. The number of hydrogen-bond donors (Lipinski definition) is 0. The number of carbonyl (C=O) groups is 6. The molecule has 0 N–H and O–H groups in total. The van der Waals surface area contributed by atoms with Gasteiger partial charge in [0.2, 0.25) is 34.1 Å². The van der Waals surface area contributed by atoms with E-state index in [4.69, 9.17) is 23.2 Å². The van der Waals surface area contributed by atoms with Gasteiger partial charge in [-0.05, 0) is 54.3 Å². The lowest BCUT2D eigenvalue weighted by Gasteiger charge is -2.31. The number of nitrogens with zero attached hydrogens (tertiary/aromatic N) is 2. The van der Waals surface area contributed by atoms with E-state index in [1.54, 1.807) is 26.8 Å². The zero-order valence-electron chi connectivity index (χ0n) is 20.6. The number of fused-ring (bicyclic) bond motifs is 1. The van der Waals surface area contributed by atoms with Crippen LogP contribution in [0.4, 0.5) is 0 Å². The van der Waals surface area contributed by atoms with E-state index in [1.807, 2.05) is 13.8 Å². The van der Waals surface area contributed by atoms with Gasteiger partial charge in [0.15, 0.2) is 0 Å². The molecule has 4 amide bonds. The standard InChI is InChI=1S/C25H32Cl2N2O6/c1-6-11(3)19(21(26)31)28-17(30)10-15(23(28)33)14-8-13(5)18-16(9-14)24(34)29(25(18)35)20(22(27)32)12(4)7-2/h8,11-12,14-16,18-20H,6-7,9-10H2,1-5H3/t11?,12?,14?,15?,16?,18?,19-,20-/m0/s1. The summed E-state index contributed by atoms with van der Waals surface area (Å²) in [5, 5.41) is -1.52. The largest absolute Gasteiger partial charge is 0.279 e. The van der Waals surface area contributed by atoms with Crippen LogP contribution >= 0.6 is 23.2 Å². The average molecular weight is 527 g/mol. The maximum absolute atomic E-state index is 13.4. The van der Waals surface area contributed by atoms with Crippen molar-refractivity contribution < 1.29 is 28.8 Å². The Morgan fingerprint density at radius 1 is 0.886 bits per heavy atom. The molecule has 2 heterocycles. The summed E-state index contributed by atoms with van der Waals surface area (Å²) < 4.78 is 0. The van der Waals surface area contributed by atoms with Gasteiger partial charge in [-0.1, -0.05) is 52.2 Å². The van der Waals surface area contributed by atoms with Crippen LogP contribution in [0.1, 0.15) is 60.3 Å². The number of likely N-dealkylation sites (tertiary alicyclic amines) is 2. The van der Waals surface area contributed by atoms with Crippen molar-refractivity contribution in [3.8, 4) is 0 Å². The van der Waals surface area contributed by atoms with Crippen LogP contribution < -0.4 is 0 Å². The third-order valence-electron chi connectivity index (χ3n) is 8.08. The number of halogens is 2. The van der Waals surface area contributed by atoms with Gasteiger partial charge in [-0.15, -0.1) is 0 Å². The van der Waals surface area contributed by atoms with E-state index in [1.165, 1.54) is 0 Å². The molecule has 10 heteroatoms. The quantitative estimate of drug-likeness (QED) is 0.259. The van der Waals surface area contributed by atoms with Gasteiger partial charge in [-0.2, -0.15) is 0 Å². The fourth-order valence-corrected chi connectivity index (χ4v) is 6.39. The highest BCUT2D eigenvalue weighted by atomic mass is 35.5. The minimum atomic E-state index is -1.05. The maximum atomic E-state index is 13.4. The third kappa shape index (κ3) is 4.71. The molecule has 2 aliphatic heterocycles. The number of rotatable bonds is 9. The normalized spacial score (nSPS) is 30.2. The summed E-state index contributed by atoms with van der Waals surface area (Å²) in [7, 11) is 0. The number of allylic oxidation sites excluding steroid dienone is 1. The molecule has 0 aromatic carbocycles. The predicted octanol–water partition coefficient (Wildman–Crippen LogP) is 3.29. The summed E-state index contributed by atoms with van der Waals surface area (Å²) >= 11 is 11.6. The fraction of sp³-hybridized carbons (Fsp3) is 0.680. The second kappa shape index (κ2) is 10.5. The Morgan fingerprint density at radius 3 is 1.86 bits per heavy atom. The molecule has 1 aliphatic carbocycles. The molecule has 0 radical (unpaired) electrons. The van der Waals surface area contributed by atoms with E-state index in [9.17, 15) is 28.8 Å². The van der Waals surface area contributed by atoms with Crippen LogP contribution in [0, 0.1) is 35.5 Å². The van der Waals surface area contributed by atoms with Gasteiger partial charge in [0.05, 0.1) is 17.8 Å². The van der Waals surface area contributed by atoms with E-state index >= 15 is 0 Å². The number of imide groups is 2. The first-order valence-corrected chi connectivity index (χ1v) is 12.9. The number of hydrogen-bond acceptors (Lipinski definition) is 6. The summed E-state index contributed by atoms with van der Waals surface area (Å²) in [6, 6.07) is -2.08. The summed E-state index contributed by atoms with van der Waals surface area (Å²) in [5.41, 5.74) is 0.627. The van der Waals surface area contributed by atoms with Gasteiger partial charge in [0.25, 0.3) is 0 Å². The van der Waals surface area contributed by atoms with Crippen molar-refractivity contribution in [2.24, 2.45) is 35.5 Å². The van der Waals surface area contributed by atoms with E-state index < -0.39 is 69.9 Å². The Kier molecular flexibility index (Phi) is 8.26. The van der Waals surface area contributed by atoms with Crippen molar-refractivity contribution >= 4 is 57.3 Å².